The van der Waals surface area contributed by atoms with Gasteiger partial charge in [0.1, 0.15) is 0 Å². The van der Waals surface area contributed by atoms with Gasteiger partial charge in [-0.3, -0.25) is 0 Å². The summed E-state index contributed by atoms with van der Waals surface area (Å²) in [5.74, 6) is 2.41. The molecule has 0 aliphatic heterocycles. The molecule has 86 valence electrons. The van der Waals surface area contributed by atoms with E-state index >= 15 is 0 Å². The van der Waals surface area contributed by atoms with E-state index in [1.54, 1.807) is 0 Å². The molecule has 1 heteroatoms. The standard InChI is InChI=1S/C13H29N/c1-7-13(11(4)5)14-9-8-12(6)10(2)3/h10-14H,7-9H2,1-6H3. The molecule has 1 nitrogen and oxygen atoms in total. The minimum Gasteiger partial charge on any atom is -0.314 e. The summed E-state index contributed by atoms with van der Waals surface area (Å²) in [6.45, 7) is 15.0. The van der Waals surface area contributed by atoms with Crippen molar-refractivity contribution in [2.24, 2.45) is 17.8 Å². The molecule has 0 amide bonds. The van der Waals surface area contributed by atoms with Crippen molar-refractivity contribution in [3.05, 3.63) is 0 Å². The van der Waals surface area contributed by atoms with Crippen molar-refractivity contribution in [2.75, 3.05) is 6.54 Å². The molecule has 0 heterocycles. The van der Waals surface area contributed by atoms with E-state index in [-0.39, 0.29) is 0 Å². The first-order chi connectivity index (χ1) is 6.49. The maximum atomic E-state index is 3.65. The summed E-state index contributed by atoms with van der Waals surface area (Å²) in [4.78, 5) is 0. The van der Waals surface area contributed by atoms with Crippen LogP contribution in [0.5, 0.6) is 0 Å². The molecule has 0 rings (SSSR count). The van der Waals surface area contributed by atoms with E-state index < -0.39 is 0 Å². The molecule has 0 fully saturated rings. The van der Waals surface area contributed by atoms with Crippen molar-refractivity contribution in [2.45, 2.75) is 60.4 Å². The van der Waals surface area contributed by atoms with Gasteiger partial charge in [0.05, 0.1) is 0 Å². The molecule has 0 aromatic carbocycles. The van der Waals surface area contributed by atoms with Crippen LogP contribution in [0.1, 0.15) is 54.4 Å². The average Bonchev–Trinajstić information content (AvgIpc) is 2.11. The van der Waals surface area contributed by atoms with Crippen LogP contribution in [0.4, 0.5) is 0 Å². The molecular weight excluding hydrogens is 170 g/mol. The summed E-state index contributed by atoms with van der Waals surface area (Å²) < 4.78 is 0. The second kappa shape index (κ2) is 7.28. The van der Waals surface area contributed by atoms with Crippen molar-refractivity contribution < 1.29 is 0 Å². The monoisotopic (exact) mass is 199 g/mol. The van der Waals surface area contributed by atoms with Gasteiger partial charge < -0.3 is 5.32 Å². The molecule has 2 unspecified atom stereocenters. The lowest BCUT2D eigenvalue weighted by Crippen LogP contribution is -2.34. The van der Waals surface area contributed by atoms with Crippen LogP contribution in [-0.4, -0.2) is 12.6 Å². The predicted molar refractivity (Wildman–Crippen MR) is 65.5 cm³/mol. The molecule has 0 aliphatic rings. The zero-order valence-electron chi connectivity index (χ0n) is 10.9. The molecule has 0 aliphatic carbocycles. The van der Waals surface area contributed by atoms with E-state index in [0.29, 0.717) is 6.04 Å². The topological polar surface area (TPSA) is 12.0 Å². The highest BCUT2D eigenvalue weighted by Gasteiger charge is 2.11. The van der Waals surface area contributed by atoms with Crippen molar-refractivity contribution >= 4 is 0 Å². The molecule has 0 bridgehead atoms. The Morgan fingerprint density at radius 3 is 1.86 bits per heavy atom. The molecule has 0 saturated carbocycles. The van der Waals surface area contributed by atoms with Gasteiger partial charge in [-0.1, -0.05) is 41.5 Å². The highest BCUT2D eigenvalue weighted by Crippen LogP contribution is 2.13. The van der Waals surface area contributed by atoms with Gasteiger partial charge in [-0.15, -0.1) is 0 Å². The Balaban J connectivity index is 3.61. The fraction of sp³-hybridized carbons (Fsp3) is 1.00. The van der Waals surface area contributed by atoms with E-state index in [9.17, 15) is 0 Å². The molecular formula is C13H29N. The van der Waals surface area contributed by atoms with Gasteiger partial charge in [-0.05, 0) is 37.1 Å². The highest BCUT2D eigenvalue weighted by atomic mass is 14.9. The second-order valence-corrected chi connectivity index (χ2v) is 5.22. The van der Waals surface area contributed by atoms with Crippen LogP contribution < -0.4 is 5.32 Å². The highest BCUT2D eigenvalue weighted by molar-refractivity contribution is 4.69. The van der Waals surface area contributed by atoms with Crippen molar-refractivity contribution in [1.29, 1.82) is 0 Å². The lowest BCUT2D eigenvalue weighted by molar-refractivity contribution is 0.340. The predicted octanol–water partition coefficient (Wildman–Crippen LogP) is 3.69. The molecule has 0 aromatic rings. The largest absolute Gasteiger partial charge is 0.314 e. The normalized spacial score (nSPS) is 16.3. The summed E-state index contributed by atoms with van der Waals surface area (Å²) in [6, 6.07) is 0.703. The third-order valence-corrected chi connectivity index (χ3v) is 3.39. The lowest BCUT2D eigenvalue weighted by atomic mass is 9.94. The van der Waals surface area contributed by atoms with Crippen molar-refractivity contribution in [1.82, 2.24) is 5.32 Å². The Hall–Kier alpha value is -0.0400. The second-order valence-electron chi connectivity index (χ2n) is 5.22. The van der Waals surface area contributed by atoms with Crippen molar-refractivity contribution in [3.63, 3.8) is 0 Å². The van der Waals surface area contributed by atoms with Crippen LogP contribution in [0.15, 0.2) is 0 Å². The first-order valence-corrected chi connectivity index (χ1v) is 6.22. The summed E-state index contributed by atoms with van der Waals surface area (Å²) in [5.41, 5.74) is 0. The van der Waals surface area contributed by atoms with Gasteiger partial charge in [0.15, 0.2) is 0 Å². The van der Waals surface area contributed by atoms with Crippen LogP contribution in [0, 0.1) is 17.8 Å². The zero-order valence-corrected chi connectivity index (χ0v) is 10.9. The van der Waals surface area contributed by atoms with Crippen molar-refractivity contribution in [3.8, 4) is 0 Å². The first-order valence-electron chi connectivity index (χ1n) is 6.22. The quantitative estimate of drug-likeness (QED) is 0.659. The molecule has 14 heavy (non-hydrogen) atoms. The van der Waals surface area contributed by atoms with Gasteiger partial charge in [0, 0.05) is 6.04 Å². The van der Waals surface area contributed by atoms with Gasteiger partial charge in [0.25, 0.3) is 0 Å². The van der Waals surface area contributed by atoms with Crippen LogP contribution in [0.2, 0.25) is 0 Å². The number of hydrogen-bond acceptors (Lipinski definition) is 1. The molecule has 1 N–H and O–H groups in total. The Morgan fingerprint density at radius 1 is 0.929 bits per heavy atom. The van der Waals surface area contributed by atoms with E-state index in [1.807, 2.05) is 0 Å². The summed E-state index contributed by atoms with van der Waals surface area (Å²) in [7, 11) is 0. The summed E-state index contributed by atoms with van der Waals surface area (Å²) >= 11 is 0. The Morgan fingerprint density at radius 2 is 1.50 bits per heavy atom. The number of hydrogen-bond donors (Lipinski definition) is 1. The molecule has 0 saturated heterocycles. The van der Waals surface area contributed by atoms with E-state index in [0.717, 1.165) is 17.8 Å². The van der Waals surface area contributed by atoms with Gasteiger partial charge >= 0.3 is 0 Å². The maximum absolute atomic E-state index is 3.65. The van der Waals surface area contributed by atoms with E-state index in [4.69, 9.17) is 0 Å². The van der Waals surface area contributed by atoms with E-state index in [2.05, 4.69) is 46.9 Å². The smallest absolute Gasteiger partial charge is 0.00874 e. The van der Waals surface area contributed by atoms with Crippen LogP contribution >= 0.6 is 0 Å². The summed E-state index contributed by atoms with van der Waals surface area (Å²) in [5, 5.41) is 3.65. The summed E-state index contributed by atoms with van der Waals surface area (Å²) in [6.07, 6.45) is 2.55. The Kier molecular flexibility index (Phi) is 7.26. The van der Waals surface area contributed by atoms with Gasteiger partial charge in [-0.25, -0.2) is 0 Å². The van der Waals surface area contributed by atoms with E-state index in [1.165, 1.54) is 19.4 Å². The molecule has 2 atom stereocenters. The van der Waals surface area contributed by atoms with Gasteiger partial charge in [-0.2, -0.15) is 0 Å². The fourth-order valence-electron chi connectivity index (χ4n) is 1.68. The molecule has 0 aromatic heterocycles. The molecule has 0 spiro atoms. The van der Waals surface area contributed by atoms with Crippen LogP contribution in [-0.2, 0) is 0 Å². The maximum Gasteiger partial charge on any atom is 0.00874 e. The lowest BCUT2D eigenvalue weighted by Gasteiger charge is -2.22. The molecule has 0 radical (unpaired) electrons. The Labute approximate surface area is 90.7 Å². The zero-order chi connectivity index (χ0) is 11.1. The van der Waals surface area contributed by atoms with Gasteiger partial charge in [0.2, 0.25) is 0 Å². The number of rotatable bonds is 7. The minimum atomic E-state index is 0.703. The Bertz CT molecular complexity index is 129. The third kappa shape index (κ3) is 5.64. The van der Waals surface area contributed by atoms with Crippen LogP contribution in [0.25, 0.3) is 0 Å². The minimum absolute atomic E-state index is 0.703. The fourth-order valence-corrected chi connectivity index (χ4v) is 1.68. The first kappa shape index (κ1) is 14.0. The third-order valence-electron chi connectivity index (χ3n) is 3.39. The SMILES string of the molecule is CCC(NCCC(C)C(C)C)C(C)C. The average molecular weight is 199 g/mol. The van der Waals surface area contributed by atoms with Crippen LogP contribution in [0.3, 0.4) is 0 Å². The number of nitrogens with one attached hydrogen (secondary N) is 1.